The van der Waals surface area contributed by atoms with Crippen LogP contribution in [-0.4, -0.2) is 23.1 Å². The molecular formula is C18H24N4. The van der Waals surface area contributed by atoms with Crippen molar-refractivity contribution in [2.45, 2.75) is 33.6 Å². The maximum absolute atomic E-state index is 4.73. The fraction of sp³-hybridized carbons (Fsp3) is 0.444. The van der Waals surface area contributed by atoms with E-state index in [1.165, 1.54) is 18.4 Å². The quantitative estimate of drug-likeness (QED) is 0.927. The molecule has 116 valence electrons. The van der Waals surface area contributed by atoms with Crippen LogP contribution in [0.4, 0.5) is 17.5 Å². The number of nitrogens with one attached hydrogen (secondary N) is 1. The Bertz CT molecular complexity index is 653. The fourth-order valence-corrected chi connectivity index (χ4v) is 3.00. The van der Waals surface area contributed by atoms with E-state index in [0.717, 1.165) is 36.2 Å². The minimum Gasteiger partial charge on any atom is -0.356 e. The number of nitrogens with zero attached hydrogens (tertiary/aromatic N) is 3. The standard InChI is InChI=1S/C18H24N4/c1-13-7-6-10-22(12-13)17-11-15(3)19-18(21-17)20-16-9-5-4-8-14(16)2/h4-5,8-9,11,13H,6-7,10,12H2,1-3H3,(H,19,20,21). The predicted molar refractivity (Wildman–Crippen MR) is 91.8 cm³/mol. The molecule has 0 bridgehead atoms. The van der Waals surface area contributed by atoms with Crippen LogP contribution in [0.2, 0.25) is 0 Å². The highest BCUT2D eigenvalue weighted by Crippen LogP contribution is 2.24. The molecule has 4 nitrogen and oxygen atoms in total. The van der Waals surface area contributed by atoms with Crippen molar-refractivity contribution in [3.63, 3.8) is 0 Å². The zero-order valence-electron chi connectivity index (χ0n) is 13.6. The zero-order valence-corrected chi connectivity index (χ0v) is 13.6. The Balaban J connectivity index is 1.85. The molecule has 1 aromatic carbocycles. The Morgan fingerprint density at radius 3 is 2.77 bits per heavy atom. The number of hydrogen-bond acceptors (Lipinski definition) is 4. The van der Waals surface area contributed by atoms with Gasteiger partial charge in [0.05, 0.1) is 0 Å². The van der Waals surface area contributed by atoms with Crippen LogP contribution < -0.4 is 10.2 Å². The van der Waals surface area contributed by atoms with Gasteiger partial charge in [-0.05, 0) is 44.2 Å². The summed E-state index contributed by atoms with van der Waals surface area (Å²) >= 11 is 0. The van der Waals surface area contributed by atoms with Crippen LogP contribution in [0.1, 0.15) is 31.0 Å². The second-order valence-electron chi connectivity index (χ2n) is 6.32. The largest absolute Gasteiger partial charge is 0.356 e. The summed E-state index contributed by atoms with van der Waals surface area (Å²) in [6.45, 7) is 8.60. The fourth-order valence-electron chi connectivity index (χ4n) is 3.00. The summed E-state index contributed by atoms with van der Waals surface area (Å²) in [7, 11) is 0. The van der Waals surface area contributed by atoms with E-state index in [4.69, 9.17) is 4.98 Å². The molecule has 4 heteroatoms. The molecule has 1 N–H and O–H groups in total. The van der Waals surface area contributed by atoms with Crippen molar-refractivity contribution >= 4 is 17.5 Å². The van der Waals surface area contributed by atoms with Crippen molar-refractivity contribution in [1.82, 2.24) is 9.97 Å². The first kappa shape index (κ1) is 14.8. The average molecular weight is 296 g/mol. The topological polar surface area (TPSA) is 41.1 Å². The number of aryl methyl sites for hydroxylation is 2. The molecule has 1 aliphatic rings. The molecule has 1 saturated heterocycles. The summed E-state index contributed by atoms with van der Waals surface area (Å²) < 4.78 is 0. The molecule has 1 unspecified atom stereocenters. The van der Waals surface area contributed by atoms with Gasteiger partial charge >= 0.3 is 0 Å². The van der Waals surface area contributed by atoms with E-state index >= 15 is 0 Å². The van der Waals surface area contributed by atoms with Crippen LogP contribution in [-0.2, 0) is 0 Å². The van der Waals surface area contributed by atoms with Gasteiger partial charge in [0.25, 0.3) is 0 Å². The molecule has 0 radical (unpaired) electrons. The monoisotopic (exact) mass is 296 g/mol. The molecular weight excluding hydrogens is 272 g/mol. The van der Waals surface area contributed by atoms with Gasteiger partial charge in [0, 0.05) is 30.5 Å². The van der Waals surface area contributed by atoms with Crippen LogP contribution in [0.25, 0.3) is 0 Å². The molecule has 2 heterocycles. The van der Waals surface area contributed by atoms with Crippen molar-refractivity contribution in [2.24, 2.45) is 5.92 Å². The highest BCUT2D eigenvalue weighted by atomic mass is 15.2. The van der Waals surface area contributed by atoms with Gasteiger partial charge < -0.3 is 10.2 Å². The van der Waals surface area contributed by atoms with Gasteiger partial charge in [-0.15, -0.1) is 0 Å². The van der Waals surface area contributed by atoms with E-state index in [9.17, 15) is 0 Å². The third-order valence-electron chi connectivity index (χ3n) is 4.21. The molecule has 0 saturated carbocycles. The zero-order chi connectivity index (χ0) is 15.5. The lowest BCUT2D eigenvalue weighted by Gasteiger charge is -2.32. The molecule has 1 aromatic heterocycles. The number of aromatic nitrogens is 2. The third kappa shape index (κ3) is 3.38. The van der Waals surface area contributed by atoms with Crippen molar-refractivity contribution in [2.75, 3.05) is 23.3 Å². The van der Waals surface area contributed by atoms with E-state index in [1.54, 1.807) is 0 Å². The highest BCUT2D eigenvalue weighted by Gasteiger charge is 2.18. The molecule has 0 spiro atoms. The van der Waals surface area contributed by atoms with Crippen LogP contribution in [0.3, 0.4) is 0 Å². The van der Waals surface area contributed by atoms with Crippen molar-refractivity contribution in [3.05, 3.63) is 41.6 Å². The molecule has 22 heavy (non-hydrogen) atoms. The van der Waals surface area contributed by atoms with Gasteiger partial charge in [-0.1, -0.05) is 25.1 Å². The first-order valence-electron chi connectivity index (χ1n) is 8.05. The molecule has 1 fully saturated rings. The van der Waals surface area contributed by atoms with E-state index in [-0.39, 0.29) is 0 Å². The number of hydrogen-bond donors (Lipinski definition) is 1. The predicted octanol–water partition coefficient (Wildman–Crippen LogP) is 4.07. The Labute approximate surface area is 132 Å². The summed E-state index contributed by atoms with van der Waals surface area (Å²) in [5.74, 6) is 2.45. The SMILES string of the molecule is Cc1cc(N2CCCC(C)C2)nc(Nc2ccccc2C)n1. The van der Waals surface area contributed by atoms with Crippen LogP contribution in [0.15, 0.2) is 30.3 Å². The van der Waals surface area contributed by atoms with Crippen molar-refractivity contribution in [1.29, 1.82) is 0 Å². The second-order valence-corrected chi connectivity index (χ2v) is 6.32. The maximum Gasteiger partial charge on any atom is 0.229 e. The van der Waals surface area contributed by atoms with Gasteiger partial charge in [0.1, 0.15) is 5.82 Å². The molecule has 0 amide bonds. The number of rotatable bonds is 3. The minimum atomic E-state index is 0.683. The van der Waals surface area contributed by atoms with Gasteiger partial charge in [0.15, 0.2) is 0 Å². The summed E-state index contributed by atoms with van der Waals surface area (Å²) in [6, 6.07) is 10.3. The first-order chi connectivity index (χ1) is 10.6. The third-order valence-corrected chi connectivity index (χ3v) is 4.21. The van der Waals surface area contributed by atoms with Crippen LogP contribution >= 0.6 is 0 Å². The smallest absolute Gasteiger partial charge is 0.229 e. The lowest BCUT2D eigenvalue weighted by molar-refractivity contribution is 0.444. The molecule has 1 aliphatic heterocycles. The van der Waals surface area contributed by atoms with Gasteiger partial charge in [-0.3, -0.25) is 0 Å². The van der Waals surface area contributed by atoms with Crippen molar-refractivity contribution < 1.29 is 0 Å². The second kappa shape index (κ2) is 6.34. The van der Waals surface area contributed by atoms with Crippen LogP contribution in [0.5, 0.6) is 0 Å². The highest BCUT2D eigenvalue weighted by molar-refractivity contribution is 5.59. The van der Waals surface area contributed by atoms with Gasteiger partial charge in [0.2, 0.25) is 5.95 Å². The Hall–Kier alpha value is -2.10. The van der Waals surface area contributed by atoms with Crippen molar-refractivity contribution in [3.8, 4) is 0 Å². The van der Waals surface area contributed by atoms with E-state index in [2.05, 4.69) is 47.2 Å². The molecule has 0 aliphatic carbocycles. The molecule has 3 rings (SSSR count). The number of benzene rings is 1. The maximum atomic E-state index is 4.73. The number of anilines is 3. The Kier molecular flexibility index (Phi) is 4.27. The molecule has 1 atom stereocenters. The molecule has 2 aromatic rings. The van der Waals surface area contributed by atoms with Gasteiger partial charge in [-0.2, -0.15) is 4.98 Å². The number of piperidine rings is 1. The van der Waals surface area contributed by atoms with Crippen LogP contribution in [0, 0.1) is 19.8 Å². The van der Waals surface area contributed by atoms with E-state index < -0.39 is 0 Å². The minimum absolute atomic E-state index is 0.683. The lowest BCUT2D eigenvalue weighted by atomic mass is 10.0. The normalized spacial score (nSPS) is 18.3. The average Bonchev–Trinajstić information content (AvgIpc) is 2.49. The van der Waals surface area contributed by atoms with Gasteiger partial charge in [-0.25, -0.2) is 4.98 Å². The first-order valence-corrected chi connectivity index (χ1v) is 8.05. The summed E-state index contributed by atoms with van der Waals surface area (Å²) in [4.78, 5) is 11.6. The summed E-state index contributed by atoms with van der Waals surface area (Å²) in [6.07, 6.45) is 2.56. The summed E-state index contributed by atoms with van der Waals surface area (Å²) in [5, 5.41) is 3.35. The number of para-hydroxylation sites is 1. The lowest BCUT2D eigenvalue weighted by Crippen LogP contribution is -2.35. The Morgan fingerprint density at radius 2 is 2.00 bits per heavy atom. The van der Waals surface area contributed by atoms with E-state index in [1.807, 2.05) is 19.1 Å². The van der Waals surface area contributed by atoms with E-state index in [0.29, 0.717) is 5.95 Å². The summed E-state index contributed by atoms with van der Waals surface area (Å²) in [5.41, 5.74) is 3.26. The Morgan fingerprint density at radius 1 is 1.18 bits per heavy atom.